The SMILES string of the molecule is Cc1cc(F)c2c(c1)CCCN2C(=O)c1cc(-c2ccco2)nc2onc(C)c12. The highest BCUT2D eigenvalue weighted by molar-refractivity contribution is 6.14. The van der Waals surface area contributed by atoms with Gasteiger partial charge in [0.1, 0.15) is 11.5 Å². The Morgan fingerprint density at radius 3 is 2.90 bits per heavy atom. The Morgan fingerprint density at radius 1 is 1.24 bits per heavy atom. The number of aromatic nitrogens is 2. The molecule has 0 radical (unpaired) electrons. The Morgan fingerprint density at radius 2 is 2.10 bits per heavy atom. The van der Waals surface area contributed by atoms with E-state index in [0.717, 1.165) is 24.0 Å². The number of pyridine rings is 1. The molecule has 0 saturated heterocycles. The first-order chi connectivity index (χ1) is 14.0. The minimum atomic E-state index is -0.383. The normalized spacial score (nSPS) is 13.7. The van der Waals surface area contributed by atoms with Crippen LogP contribution in [0, 0.1) is 19.7 Å². The highest BCUT2D eigenvalue weighted by atomic mass is 19.1. The lowest BCUT2D eigenvalue weighted by Gasteiger charge is -2.30. The Hall–Kier alpha value is -3.48. The first kappa shape index (κ1) is 17.6. The number of nitrogens with zero attached hydrogens (tertiary/aromatic N) is 3. The van der Waals surface area contributed by atoms with Crippen molar-refractivity contribution in [2.45, 2.75) is 26.7 Å². The lowest BCUT2D eigenvalue weighted by molar-refractivity contribution is 0.0985. The van der Waals surface area contributed by atoms with Crippen LogP contribution in [-0.4, -0.2) is 22.6 Å². The molecule has 0 bridgehead atoms. The average molecular weight is 391 g/mol. The molecule has 5 rings (SSSR count). The van der Waals surface area contributed by atoms with Crippen LogP contribution >= 0.6 is 0 Å². The van der Waals surface area contributed by atoms with Gasteiger partial charge in [0, 0.05) is 6.54 Å². The van der Waals surface area contributed by atoms with E-state index < -0.39 is 0 Å². The van der Waals surface area contributed by atoms with Gasteiger partial charge >= 0.3 is 0 Å². The summed E-state index contributed by atoms with van der Waals surface area (Å²) in [4.78, 5) is 19.6. The number of hydrogen-bond acceptors (Lipinski definition) is 5. The fourth-order valence-corrected chi connectivity index (χ4v) is 4.00. The Kier molecular flexibility index (Phi) is 3.97. The van der Waals surface area contributed by atoms with E-state index in [1.807, 2.05) is 13.0 Å². The minimum Gasteiger partial charge on any atom is -0.463 e. The molecule has 1 amide bonds. The molecular weight excluding hydrogens is 373 g/mol. The number of carbonyl (C=O) groups is 1. The van der Waals surface area contributed by atoms with Gasteiger partial charge in [-0.2, -0.15) is 0 Å². The second-order valence-corrected chi connectivity index (χ2v) is 7.30. The van der Waals surface area contributed by atoms with Crippen LogP contribution in [-0.2, 0) is 6.42 Å². The molecule has 0 spiro atoms. The van der Waals surface area contributed by atoms with Crippen LogP contribution in [0.5, 0.6) is 0 Å². The zero-order chi connectivity index (χ0) is 20.1. The Balaban J connectivity index is 1.69. The number of halogens is 1. The van der Waals surface area contributed by atoms with Gasteiger partial charge in [0.05, 0.1) is 28.6 Å². The van der Waals surface area contributed by atoms with Gasteiger partial charge < -0.3 is 13.8 Å². The molecule has 3 aromatic heterocycles. The van der Waals surface area contributed by atoms with Crippen LogP contribution in [0.1, 0.15) is 33.6 Å². The van der Waals surface area contributed by atoms with Gasteiger partial charge in [-0.25, -0.2) is 9.37 Å². The molecule has 29 heavy (non-hydrogen) atoms. The standard InChI is InChI=1S/C22H18FN3O3/c1-12-9-14-5-3-7-26(20(14)16(23)10-12)22(27)15-11-17(18-6-4-8-28-18)24-21-19(15)13(2)25-29-21/h4,6,8-11H,3,5,7H2,1-2H3. The van der Waals surface area contributed by atoms with Crippen LogP contribution in [0.25, 0.3) is 22.6 Å². The Bertz CT molecular complexity index is 1240. The molecule has 0 unspecified atom stereocenters. The molecule has 0 saturated carbocycles. The molecule has 0 aliphatic carbocycles. The molecular formula is C22H18FN3O3. The molecule has 6 nitrogen and oxygen atoms in total. The number of amides is 1. The van der Waals surface area contributed by atoms with Crippen molar-refractivity contribution in [1.82, 2.24) is 10.1 Å². The predicted octanol–water partition coefficient (Wildman–Crippen LogP) is 4.83. The molecule has 4 aromatic rings. The average Bonchev–Trinajstić information content (AvgIpc) is 3.36. The molecule has 4 heterocycles. The van der Waals surface area contributed by atoms with Gasteiger partial charge in [-0.05, 0) is 62.1 Å². The van der Waals surface area contributed by atoms with Crippen molar-refractivity contribution in [2.24, 2.45) is 0 Å². The monoisotopic (exact) mass is 391 g/mol. The van der Waals surface area contributed by atoms with Gasteiger partial charge in [-0.15, -0.1) is 0 Å². The first-order valence-electron chi connectivity index (χ1n) is 9.44. The van der Waals surface area contributed by atoms with Crippen molar-refractivity contribution < 1.29 is 18.1 Å². The summed E-state index contributed by atoms with van der Waals surface area (Å²) in [6.07, 6.45) is 3.05. The summed E-state index contributed by atoms with van der Waals surface area (Å²) in [5, 5.41) is 4.50. The number of anilines is 1. The number of aryl methyl sites for hydroxylation is 3. The number of carbonyl (C=O) groups excluding carboxylic acids is 1. The third kappa shape index (κ3) is 2.81. The van der Waals surface area contributed by atoms with E-state index in [9.17, 15) is 9.18 Å². The fourth-order valence-electron chi connectivity index (χ4n) is 4.00. The summed E-state index contributed by atoms with van der Waals surface area (Å²) in [7, 11) is 0. The lowest BCUT2D eigenvalue weighted by atomic mass is 9.97. The van der Waals surface area contributed by atoms with Crippen LogP contribution < -0.4 is 4.90 Å². The Labute approximate surface area is 165 Å². The molecule has 0 N–H and O–H groups in total. The highest BCUT2D eigenvalue weighted by Gasteiger charge is 2.30. The largest absolute Gasteiger partial charge is 0.463 e. The van der Waals surface area contributed by atoms with E-state index in [4.69, 9.17) is 8.94 Å². The van der Waals surface area contributed by atoms with E-state index in [-0.39, 0.29) is 17.4 Å². The maximum Gasteiger partial charge on any atom is 0.259 e. The molecule has 0 atom stereocenters. The highest BCUT2D eigenvalue weighted by Crippen LogP contribution is 2.34. The van der Waals surface area contributed by atoms with Crippen LogP contribution in [0.3, 0.4) is 0 Å². The van der Waals surface area contributed by atoms with Crippen molar-refractivity contribution in [2.75, 3.05) is 11.4 Å². The molecule has 0 fully saturated rings. The van der Waals surface area contributed by atoms with Crippen molar-refractivity contribution in [1.29, 1.82) is 0 Å². The molecule has 1 aliphatic heterocycles. The third-order valence-electron chi connectivity index (χ3n) is 5.25. The molecule has 7 heteroatoms. The number of benzene rings is 1. The maximum atomic E-state index is 14.8. The summed E-state index contributed by atoms with van der Waals surface area (Å²) < 4.78 is 25.6. The predicted molar refractivity (Wildman–Crippen MR) is 105 cm³/mol. The van der Waals surface area contributed by atoms with E-state index in [1.165, 1.54) is 17.2 Å². The van der Waals surface area contributed by atoms with Gasteiger partial charge in [-0.1, -0.05) is 11.2 Å². The summed E-state index contributed by atoms with van der Waals surface area (Å²) >= 11 is 0. The van der Waals surface area contributed by atoms with Gasteiger partial charge in [0.15, 0.2) is 5.76 Å². The summed E-state index contributed by atoms with van der Waals surface area (Å²) in [5.41, 5.74) is 3.68. The van der Waals surface area contributed by atoms with Crippen LogP contribution in [0.15, 0.2) is 45.5 Å². The second kappa shape index (κ2) is 6.55. The second-order valence-electron chi connectivity index (χ2n) is 7.30. The van der Waals surface area contributed by atoms with Crippen molar-refractivity contribution in [3.63, 3.8) is 0 Å². The smallest absolute Gasteiger partial charge is 0.259 e. The zero-order valence-electron chi connectivity index (χ0n) is 16.0. The van der Waals surface area contributed by atoms with Crippen molar-refractivity contribution in [3.05, 3.63) is 64.8 Å². The number of fused-ring (bicyclic) bond motifs is 2. The first-order valence-corrected chi connectivity index (χ1v) is 9.44. The number of rotatable bonds is 2. The van der Waals surface area contributed by atoms with E-state index in [2.05, 4.69) is 10.1 Å². The van der Waals surface area contributed by atoms with Gasteiger partial charge in [0.25, 0.3) is 11.6 Å². The lowest BCUT2D eigenvalue weighted by Crippen LogP contribution is -2.36. The number of furan rings is 1. The topological polar surface area (TPSA) is 72.4 Å². The third-order valence-corrected chi connectivity index (χ3v) is 5.25. The van der Waals surface area contributed by atoms with Crippen molar-refractivity contribution >= 4 is 22.7 Å². The van der Waals surface area contributed by atoms with E-state index in [0.29, 0.717) is 40.3 Å². The van der Waals surface area contributed by atoms with E-state index >= 15 is 0 Å². The van der Waals surface area contributed by atoms with Gasteiger partial charge in [0.2, 0.25) is 0 Å². The van der Waals surface area contributed by atoms with Crippen LogP contribution in [0.4, 0.5) is 10.1 Å². The van der Waals surface area contributed by atoms with Crippen LogP contribution in [0.2, 0.25) is 0 Å². The molecule has 1 aliphatic rings. The number of hydrogen-bond donors (Lipinski definition) is 0. The maximum absolute atomic E-state index is 14.8. The van der Waals surface area contributed by atoms with E-state index in [1.54, 1.807) is 25.1 Å². The van der Waals surface area contributed by atoms with Gasteiger partial charge in [-0.3, -0.25) is 4.79 Å². The summed E-state index contributed by atoms with van der Waals surface area (Å²) in [6, 6.07) is 8.57. The molecule has 1 aromatic carbocycles. The minimum absolute atomic E-state index is 0.251. The van der Waals surface area contributed by atoms with Crippen molar-refractivity contribution in [3.8, 4) is 11.5 Å². The molecule has 146 valence electrons. The zero-order valence-corrected chi connectivity index (χ0v) is 16.0. The fraction of sp³-hybridized carbons (Fsp3) is 0.227. The quantitative estimate of drug-likeness (QED) is 0.489. The summed E-state index contributed by atoms with van der Waals surface area (Å²) in [5.74, 6) is -0.178. The summed E-state index contributed by atoms with van der Waals surface area (Å²) in [6.45, 7) is 4.05.